The highest BCUT2D eigenvalue weighted by atomic mass is 16.5. The summed E-state index contributed by atoms with van der Waals surface area (Å²) in [5, 5.41) is 3.96. The van der Waals surface area contributed by atoms with E-state index < -0.39 is 0 Å². The van der Waals surface area contributed by atoms with E-state index in [-0.39, 0.29) is 17.5 Å². The molecule has 1 saturated heterocycles. The average molecular weight is 409 g/mol. The number of aryl methyl sites for hydroxylation is 2. The van der Waals surface area contributed by atoms with Gasteiger partial charge in [0.15, 0.2) is 0 Å². The maximum absolute atomic E-state index is 12.7. The molecule has 0 radical (unpaired) electrons. The summed E-state index contributed by atoms with van der Waals surface area (Å²) >= 11 is 0. The summed E-state index contributed by atoms with van der Waals surface area (Å²) < 4.78 is 5.75. The molecule has 8 heteroatoms. The van der Waals surface area contributed by atoms with Gasteiger partial charge >= 0.3 is 0 Å². The molecule has 4 rings (SSSR count). The minimum atomic E-state index is -0.353. The van der Waals surface area contributed by atoms with Gasteiger partial charge in [0.25, 0.3) is 5.91 Å². The first-order chi connectivity index (χ1) is 14.5. The lowest BCUT2D eigenvalue weighted by Crippen LogP contribution is -2.33. The first kappa shape index (κ1) is 20.2. The summed E-state index contributed by atoms with van der Waals surface area (Å²) in [6.07, 6.45) is 3.77. The molecule has 3 aromatic rings. The Bertz CT molecular complexity index is 1060. The van der Waals surface area contributed by atoms with E-state index in [0.29, 0.717) is 18.2 Å². The molecule has 158 valence electrons. The molecule has 30 heavy (non-hydrogen) atoms. The van der Waals surface area contributed by atoms with Crippen LogP contribution in [0.25, 0.3) is 10.9 Å². The second-order valence-electron chi connectivity index (χ2n) is 7.79. The van der Waals surface area contributed by atoms with Crippen molar-refractivity contribution >= 4 is 28.4 Å². The molecule has 1 fully saturated rings. The number of nitrogens with zero attached hydrogens (tertiary/aromatic N) is 3. The summed E-state index contributed by atoms with van der Waals surface area (Å²) in [6, 6.07) is 7.30. The monoisotopic (exact) mass is 408 g/mol. The number of amides is 1. The number of likely N-dealkylation sites (tertiary alicyclic amines) is 1. The van der Waals surface area contributed by atoms with Gasteiger partial charge in [0, 0.05) is 34.9 Å². The molecule has 0 unspecified atom stereocenters. The van der Waals surface area contributed by atoms with Gasteiger partial charge in [-0.25, -0.2) is 4.98 Å². The standard InChI is InChI=1S/C22H28N6O2/c1-14-15(2)24-18-7-6-16(12-17(14)18)25-21(29)19-13-20(27-22(23)26-19)30-11-10-28-8-4-3-5-9-28/h6-7,12-13,24H,3-5,8-11H2,1-2H3,(H,25,29)(H2,23,26,27). The molecular formula is C22H28N6O2. The highest BCUT2D eigenvalue weighted by Crippen LogP contribution is 2.25. The van der Waals surface area contributed by atoms with Crippen LogP contribution in [0.2, 0.25) is 0 Å². The summed E-state index contributed by atoms with van der Waals surface area (Å²) in [7, 11) is 0. The third-order valence-electron chi connectivity index (χ3n) is 5.62. The second-order valence-corrected chi connectivity index (χ2v) is 7.79. The predicted molar refractivity (Wildman–Crippen MR) is 118 cm³/mol. The number of benzene rings is 1. The maximum atomic E-state index is 12.7. The molecule has 2 aromatic heterocycles. The van der Waals surface area contributed by atoms with Crippen molar-refractivity contribution < 1.29 is 9.53 Å². The lowest BCUT2D eigenvalue weighted by molar-refractivity contribution is 0.102. The van der Waals surface area contributed by atoms with Gasteiger partial charge < -0.3 is 20.8 Å². The number of fused-ring (bicyclic) bond motifs is 1. The van der Waals surface area contributed by atoms with E-state index in [0.717, 1.165) is 41.8 Å². The minimum absolute atomic E-state index is 0.0168. The molecule has 1 aliphatic rings. The number of rotatable bonds is 6. The van der Waals surface area contributed by atoms with Gasteiger partial charge in [-0.3, -0.25) is 9.69 Å². The number of nitrogens with one attached hydrogen (secondary N) is 2. The van der Waals surface area contributed by atoms with Gasteiger partial charge in [0.1, 0.15) is 12.3 Å². The molecule has 0 atom stereocenters. The largest absolute Gasteiger partial charge is 0.476 e. The number of carbonyl (C=O) groups excluding carboxylic acids is 1. The van der Waals surface area contributed by atoms with E-state index in [1.165, 1.54) is 25.3 Å². The van der Waals surface area contributed by atoms with Crippen molar-refractivity contribution in [2.24, 2.45) is 0 Å². The number of aromatic nitrogens is 3. The fraction of sp³-hybridized carbons (Fsp3) is 0.409. The Morgan fingerprint density at radius 3 is 2.80 bits per heavy atom. The lowest BCUT2D eigenvalue weighted by Gasteiger charge is -2.26. The van der Waals surface area contributed by atoms with Crippen LogP contribution in [-0.2, 0) is 0 Å². The Hall–Kier alpha value is -3.13. The van der Waals surface area contributed by atoms with Crippen LogP contribution < -0.4 is 15.8 Å². The van der Waals surface area contributed by atoms with E-state index >= 15 is 0 Å². The summed E-state index contributed by atoms with van der Waals surface area (Å²) in [4.78, 5) is 26.6. The van der Waals surface area contributed by atoms with Crippen LogP contribution in [-0.4, -0.2) is 52.0 Å². The highest BCUT2D eigenvalue weighted by Gasteiger charge is 2.14. The van der Waals surface area contributed by atoms with E-state index in [2.05, 4.69) is 32.1 Å². The van der Waals surface area contributed by atoms with Gasteiger partial charge in [-0.05, 0) is 63.5 Å². The zero-order valence-corrected chi connectivity index (χ0v) is 17.5. The molecule has 0 bridgehead atoms. The van der Waals surface area contributed by atoms with E-state index in [1.54, 1.807) is 0 Å². The number of piperidine rings is 1. The summed E-state index contributed by atoms with van der Waals surface area (Å²) in [5.74, 6) is -0.0189. The molecule has 0 aliphatic carbocycles. The smallest absolute Gasteiger partial charge is 0.274 e. The van der Waals surface area contributed by atoms with Crippen molar-refractivity contribution in [1.82, 2.24) is 19.9 Å². The van der Waals surface area contributed by atoms with Crippen molar-refractivity contribution in [3.8, 4) is 5.88 Å². The Morgan fingerprint density at radius 2 is 2.00 bits per heavy atom. The van der Waals surface area contributed by atoms with Gasteiger partial charge in [0.05, 0.1) is 0 Å². The summed E-state index contributed by atoms with van der Waals surface area (Å²) in [6.45, 7) is 7.63. The van der Waals surface area contributed by atoms with Crippen molar-refractivity contribution in [2.75, 3.05) is 37.3 Å². The van der Waals surface area contributed by atoms with Crippen LogP contribution >= 0.6 is 0 Å². The van der Waals surface area contributed by atoms with Crippen LogP contribution in [0, 0.1) is 13.8 Å². The lowest BCUT2D eigenvalue weighted by atomic mass is 10.1. The quantitative estimate of drug-likeness (QED) is 0.578. The number of ether oxygens (including phenoxy) is 1. The first-order valence-electron chi connectivity index (χ1n) is 10.4. The highest BCUT2D eigenvalue weighted by molar-refractivity contribution is 6.04. The molecule has 8 nitrogen and oxygen atoms in total. The first-order valence-corrected chi connectivity index (χ1v) is 10.4. The van der Waals surface area contributed by atoms with Crippen LogP contribution in [0.3, 0.4) is 0 Å². The molecule has 1 aliphatic heterocycles. The normalized spacial score (nSPS) is 14.7. The van der Waals surface area contributed by atoms with Gasteiger partial charge in [-0.15, -0.1) is 0 Å². The van der Waals surface area contributed by atoms with Crippen LogP contribution in [0.4, 0.5) is 11.6 Å². The fourth-order valence-electron chi connectivity index (χ4n) is 3.83. The summed E-state index contributed by atoms with van der Waals surface area (Å²) in [5.41, 5.74) is 10.00. The number of nitrogens with two attached hydrogens (primary N) is 1. The molecule has 1 amide bonds. The number of nitrogen functional groups attached to an aromatic ring is 1. The molecule has 1 aromatic carbocycles. The minimum Gasteiger partial charge on any atom is -0.476 e. The Labute approximate surface area is 175 Å². The van der Waals surface area contributed by atoms with E-state index in [1.807, 2.05) is 25.1 Å². The van der Waals surface area contributed by atoms with Crippen LogP contribution in [0.1, 0.15) is 41.0 Å². The molecule has 3 heterocycles. The molecular weight excluding hydrogens is 380 g/mol. The predicted octanol–water partition coefficient (Wildman–Crippen LogP) is 3.27. The Balaban J connectivity index is 1.42. The maximum Gasteiger partial charge on any atom is 0.274 e. The van der Waals surface area contributed by atoms with Crippen molar-refractivity contribution in [2.45, 2.75) is 33.1 Å². The number of anilines is 2. The third kappa shape index (κ3) is 4.54. The zero-order valence-electron chi connectivity index (χ0n) is 17.5. The van der Waals surface area contributed by atoms with Crippen molar-refractivity contribution in [3.63, 3.8) is 0 Å². The second kappa shape index (κ2) is 8.71. The third-order valence-corrected chi connectivity index (χ3v) is 5.62. The molecule has 0 spiro atoms. The van der Waals surface area contributed by atoms with E-state index in [4.69, 9.17) is 10.5 Å². The number of aromatic amines is 1. The van der Waals surface area contributed by atoms with Gasteiger partial charge in [0.2, 0.25) is 11.8 Å². The molecule has 4 N–H and O–H groups in total. The van der Waals surface area contributed by atoms with Crippen LogP contribution in [0.15, 0.2) is 24.3 Å². The van der Waals surface area contributed by atoms with E-state index in [9.17, 15) is 4.79 Å². The number of carbonyl (C=O) groups is 1. The van der Waals surface area contributed by atoms with Crippen LogP contribution in [0.5, 0.6) is 5.88 Å². The van der Waals surface area contributed by atoms with Crippen molar-refractivity contribution in [3.05, 3.63) is 41.2 Å². The fourth-order valence-corrected chi connectivity index (χ4v) is 3.83. The Morgan fingerprint density at radius 1 is 1.20 bits per heavy atom. The van der Waals surface area contributed by atoms with Crippen molar-refractivity contribution in [1.29, 1.82) is 0 Å². The number of hydrogen-bond donors (Lipinski definition) is 3. The molecule has 0 saturated carbocycles. The number of H-pyrrole nitrogens is 1. The Kier molecular flexibility index (Phi) is 5.85. The van der Waals surface area contributed by atoms with Gasteiger partial charge in [-0.2, -0.15) is 4.98 Å². The SMILES string of the molecule is Cc1[nH]c2ccc(NC(=O)c3cc(OCCN4CCCCC4)nc(N)n3)cc2c1C. The van der Waals surface area contributed by atoms with Gasteiger partial charge in [-0.1, -0.05) is 6.42 Å². The topological polar surface area (TPSA) is 109 Å². The average Bonchev–Trinajstić information content (AvgIpc) is 3.02. The number of hydrogen-bond acceptors (Lipinski definition) is 6. The zero-order chi connectivity index (χ0) is 21.1.